The Morgan fingerprint density at radius 1 is 1.03 bits per heavy atom. The van der Waals surface area contributed by atoms with Crippen molar-refractivity contribution in [3.63, 3.8) is 0 Å². The number of carbonyl (C=O) groups is 1. The lowest BCUT2D eigenvalue weighted by Crippen LogP contribution is -2.35. The molecular weight excluding hydrogens is 362 g/mol. The lowest BCUT2D eigenvalue weighted by molar-refractivity contribution is 0.0697. The molecule has 0 bridgehead atoms. The Labute approximate surface area is 171 Å². The number of aromatic carboxylic acids is 1. The molecular formula is C24H25N3O2. The highest BCUT2D eigenvalue weighted by Crippen LogP contribution is 2.25. The van der Waals surface area contributed by atoms with Crippen LogP contribution in [0.25, 0.3) is 11.1 Å². The minimum absolute atomic E-state index is 0.335. The average Bonchev–Trinajstić information content (AvgIpc) is 2.75. The van der Waals surface area contributed by atoms with E-state index in [1.807, 2.05) is 42.7 Å². The van der Waals surface area contributed by atoms with E-state index in [2.05, 4.69) is 27.0 Å². The van der Waals surface area contributed by atoms with Crippen LogP contribution in [0, 0.1) is 5.92 Å². The van der Waals surface area contributed by atoms with Crippen molar-refractivity contribution in [1.29, 1.82) is 0 Å². The van der Waals surface area contributed by atoms with Gasteiger partial charge in [-0.2, -0.15) is 0 Å². The number of carboxylic acid groups (broad SMARTS) is 1. The Kier molecular flexibility index (Phi) is 5.96. The number of hydrogen-bond donors (Lipinski definition) is 1. The van der Waals surface area contributed by atoms with Crippen LogP contribution >= 0.6 is 0 Å². The van der Waals surface area contributed by atoms with Gasteiger partial charge in [-0.05, 0) is 54.1 Å². The maximum absolute atomic E-state index is 11.5. The Bertz CT molecular complexity index is 957. The number of hydrogen-bond acceptors (Lipinski definition) is 4. The predicted molar refractivity (Wildman–Crippen MR) is 113 cm³/mol. The van der Waals surface area contributed by atoms with Gasteiger partial charge in [0.05, 0.1) is 5.56 Å². The van der Waals surface area contributed by atoms with Gasteiger partial charge in [0.15, 0.2) is 0 Å². The summed E-state index contributed by atoms with van der Waals surface area (Å²) in [6.07, 6.45) is 6.98. The zero-order chi connectivity index (χ0) is 20.1. The summed E-state index contributed by atoms with van der Waals surface area (Å²) in [7, 11) is 0. The Hall–Kier alpha value is -3.05. The molecule has 1 aromatic heterocycles. The van der Waals surface area contributed by atoms with Gasteiger partial charge >= 0.3 is 5.97 Å². The zero-order valence-corrected chi connectivity index (χ0v) is 16.4. The second-order valence-electron chi connectivity index (χ2n) is 7.66. The van der Waals surface area contributed by atoms with E-state index in [0.717, 1.165) is 43.0 Å². The fourth-order valence-corrected chi connectivity index (χ4v) is 4.12. The number of likely N-dealkylation sites (tertiary alicyclic amines) is 1. The van der Waals surface area contributed by atoms with E-state index in [4.69, 9.17) is 0 Å². The van der Waals surface area contributed by atoms with Gasteiger partial charge in [0.25, 0.3) is 0 Å². The van der Waals surface area contributed by atoms with E-state index < -0.39 is 5.97 Å². The Balaban J connectivity index is 1.40. The standard InChI is InChI=1S/C24H25N3O2/c28-24(29)22-7-2-1-6-21(22)20-10-8-18(9-11-20)16-27-14-3-5-19(17-27)15-23-25-12-4-13-26-23/h1-2,4,6-13,19H,3,5,14-17H2,(H,28,29)/t19-/m1/s1. The second-order valence-corrected chi connectivity index (χ2v) is 7.66. The third-order valence-electron chi connectivity index (χ3n) is 5.52. The summed E-state index contributed by atoms with van der Waals surface area (Å²) in [5, 5.41) is 9.41. The van der Waals surface area contributed by atoms with E-state index in [9.17, 15) is 9.90 Å². The van der Waals surface area contributed by atoms with Gasteiger partial charge in [0, 0.05) is 31.9 Å². The lowest BCUT2D eigenvalue weighted by atomic mass is 9.94. The third kappa shape index (κ3) is 4.87. The van der Waals surface area contributed by atoms with Gasteiger partial charge in [-0.1, -0.05) is 42.5 Å². The molecule has 0 radical (unpaired) electrons. The molecule has 148 valence electrons. The average molecular weight is 387 g/mol. The quantitative estimate of drug-likeness (QED) is 0.683. The summed E-state index contributed by atoms with van der Waals surface area (Å²) in [4.78, 5) is 22.7. The van der Waals surface area contributed by atoms with Crippen molar-refractivity contribution in [1.82, 2.24) is 14.9 Å². The number of benzene rings is 2. The van der Waals surface area contributed by atoms with Crippen LogP contribution < -0.4 is 0 Å². The second kappa shape index (κ2) is 8.97. The highest BCUT2D eigenvalue weighted by Gasteiger charge is 2.21. The summed E-state index contributed by atoms with van der Waals surface area (Å²) in [5.74, 6) is 0.625. The van der Waals surface area contributed by atoms with Crippen LogP contribution in [0.15, 0.2) is 67.0 Å². The van der Waals surface area contributed by atoms with Crippen molar-refractivity contribution in [3.8, 4) is 11.1 Å². The van der Waals surface area contributed by atoms with Crippen LogP contribution in [0.1, 0.15) is 34.6 Å². The van der Waals surface area contributed by atoms with Crippen LogP contribution in [0.3, 0.4) is 0 Å². The first-order chi connectivity index (χ1) is 14.2. The summed E-state index contributed by atoms with van der Waals surface area (Å²) in [6.45, 7) is 3.07. The first-order valence-electron chi connectivity index (χ1n) is 10.1. The number of aromatic nitrogens is 2. The number of rotatable bonds is 6. The molecule has 1 N–H and O–H groups in total. The molecule has 0 amide bonds. The van der Waals surface area contributed by atoms with E-state index in [0.29, 0.717) is 11.5 Å². The normalized spacial score (nSPS) is 17.2. The minimum atomic E-state index is -0.897. The molecule has 1 atom stereocenters. The van der Waals surface area contributed by atoms with Gasteiger partial charge < -0.3 is 5.11 Å². The molecule has 1 fully saturated rings. The maximum Gasteiger partial charge on any atom is 0.336 e. The first kappa shape index (κ1) is 19.3. The fourth-order valence-electron chi connectivity index (χ4n) is 4.12. The van der Waals surface area contributed by atoms with Gasteiger partial charge in [-0.25, -0.2) is 14.8 Å². The molecule has 1 aliphatic heterocycles. The van der Waals surface area contributed by atoms with Gasteiger partial charge in [0.1, 0.15) is 5.82 Å². The molecule has 3 aromatic rings. The largest absolute Gasteiger partial charge is 0.478 e. The van der Waals surface area contributed by atoms with Crippen LogP contribution in [0.2, 0.25) is 0 Å². The van der Waals surface area contributed by atoms with E-state index in [-0.39, 0.29) is 0 Å². The third-order valence-corrected chi connectivity index (χ3v) is 5.52. The van der Waals surface area contributed by atoms with Crippen LogP contribution in [-0.2, 0) is 13.0 Å². The number of nitrogens with zero attached hydrogens (tertiary/aromatic N) is 3. The van der Waals surface area contributed by atoms with E-state index in [1.54, 1.807) is 12.1 Å². The van der Waals surface area contributed by atoms with Crippen molar-refractivity contribution in [2.75, 3.05) is 13.1 Å². The van der Waals surface area contributed by atoms with Crippen molar-refractivity contribution >= 4 is 5.97 Å². The molecule has 4 rings (SSSR count). The first-order valence-corrected chi connectivity index (χ1v) is 10.1. The molecule has 2 aromatic carbocycles. The molecule has 0 saturated carbocycles. The lowest BCUT2D eigenvalue weighted by Gasteiger charge is -2.32. The molecule has 5 nitrogen and oxygen atoms in total. The summed E-state index contributed by atoms with van der Waals surface area (Å²) < 4.78 is 0. The molecule has 1 aliphatic rings. The van der Waals surface area contributed by atoms with E-state index >= 15 is 0 Å². The highest BCUT2D eigenvalue weighted by molar-refractivity contribution is 5.95. The maximum atomic E-state index is 11.5. The smallest absolute Gasteiger partial charge is 0.336 e. The van der Waals surface area contributed by atoms with Gasteiger partial charge in [-0.3, -0.25) is 4.90 Å². The summed E-state index contributed by atoms with van der Waals surface area (Å²) in [6, 6.07) is 17.3. The summed E-state index contributed by atoms with van der Waals surface area (Å²) in [5.41, 5.74) is 3.28. The molecule has 0 aliphatic carbocycles. The van der Waals surface area contributed by atoms with E-state index in [1.165, 1.54) is 18.4 Å². The van der Waals surface area contributed by atoms with Crippen LogP contribution in [-0.4, -0.2) is 39.0 Å². The number of piperidine rings is 1. The Morgan fingerprint density at radius 3 is 2.55 bits per heavy atom. The van der Waals surface area contributed by atoms with Gasteiger partial charge in [-0.15, -0.1) is 0 Å². The zero-order valence-electron chi connectivity index (χ0n) is 16.4. The van der Waals surface area contributed by atoms with Gasteiger partial charge in [0.2, 0.25) is 0 Å². The van der Waals surface area contributed by atoms with Crippen molar-refractivity contribution < 1.29 is 9.90 Å². The van der Waals surface area contributed by atoms with Crippen molar-refractivity contribution in [2.24, 2.45) is 5.92 Å². The SMILES string of the molecule is O=C(O)c1ccccc1-c1ccc(CN2CCC[C@H](Cc3ncccn3)C2)cc1. The topological polar surface area (TPSA) is 66.3 Å². The molecule has 29 heavy (non-hydrogen) atoms. The molecule has 1 saturated heterocycles. The minimum Gasteiger partial charge on any atom is -0.478 e. The predicted octanol–water partition coefficient (Wildman–Crippen LogP) is 4.30. The van der Waals surface area contributed by atoms with Crippen LogP contribution in [0.4, 0.5) is 0 Å². The highest BCUT2D eigenvalue weighted by atomic mass is 16.4. The van der Waals surface area contributed by atoms with Crippen LogP contribution in [0.5, 0.6) is 0 Å². The van der Waals surface area contributed by atoms with Crippen molar-refractivity contribution in [2.45, 2.75) is 25.8 Å². The number of carboxylic acids is 1. The summed E-state index contributed by atoms with van der Waals surface area (Å²) >= 11 is 0. The molecule has 5 heteroatoms. The fraction of sp³-hybridized carbons (Fsp3) is 0.292. The molecule has 0 unspecified atom stereocenters. The van der Waals surface area contributed by atoms with Crippen molar-refractivity contribution in [3.05, 3.63) is 83.9 Å². The molecule has 0 spiro atoms. The monoisotopic (exact) mass is 387 g/mol. The molecule has 2 heterocycles. The Morgan fingerprint density at radius 2 is 1.79 bits per heavy atom.